The molecule has 2 aromatic heterocycles. The molecule has 7 nitrogen and oxygen atoms in total. The number of hydrogen-bond donors (Lipinski definition) is 0. The highest BCUT2D eigenvalue weighted by molar-refractivity contribution is 5.79. The average molecular weight is 350 g/mol. The maximum atomic E-state index is 12.7. The zero-order valence-electron chi connectivity index (χ0n) is 14.8. The van der Waals surface area contributed by atoms with Crippen LogP contribution in [0.2, 0.25) is 0 Å². The molecular weight excluding hydrogens is 328 g/mol. The van der Waals surface area contributed by atoms with Gasteiger partial charge in [0.1, 0.15) is 12.2 Å². The minimum atomic E-state index is 0.170. The third kappa shape index (κ3) is 3.37. The molecule has 3 heterocycles. The van der Waals surface area contributed by atoms with Crippen LogP contribution in [-0.2, 0) is 18.3 Å². The molecule has 1 aliphatic heterocycles. The molecule has 1 unspecified atom stereocenters. The summed E-state index contributed by atoms with van der Waals surface area (Å²) in [7, 11) is 1.96. The smallest absolute Gasteiger partial charge is 0.227 e. The van der Waals surface area contributed by atoms with Crippen molar-refractivity contribution < 1.29 is 4.79 Å². The van der Waals surface area contributed by atoms with Crippen molar-refractivity contribution in [3.8, 4) is 5.69 Å². The second-order valence-electron chi connectivity index (χ2n) is 6.77. The molecule has 1 amide bonds. The third-order valence-corrected chi connectivity index (χ3v) is 4.95. The molecule has 0 saturated carbocycles. The van der Waals surface area contributed by atoms with Crippen LogP contribution < -0.4 is 0 Å². The average Bonchev–Trinajstić information content (AvgIpc) is 3.34. The number of carbonyl (C=O) groups is 1. The number of aromatic nitrogens is 5. The van der Waals surface area contributed by atoms with E-state index in [2.05, 4.69) is 15.3 Å². The van der Waals surface area contributed by atoms with Gasteiger partial charge < -0.3 is 9.47 Å². The van der Waals surface area contributed by atoms with Crippen LogP contribution in [0.4, 0.5) is 0 Å². The Bertz CT molecular complexity index is 868. The van der Waals surface area contributed by atoms with Crippen LogP contribution in [0.25, 0.3) is 5.69 Å². The van der Waals surface area contributed by atoms with Gasteiger partial charge >= 0.3 is 0 Å². The number of piperidine rings is 1. The van der Waals surface area contributed by atoms with E-state index in [-0.39, 0.29) is 11.8 Å². The SMILES string of the molecule is Cn1cnnc1C1CCCN(C(=O)Cc2ccc(-n3cccn3)cc2)C1. The van der Waals surface area contributed by atoms with Crippen molar-refractivity contribution in [1.29, 1.82) is 0 Å². The second kappa shape index (κ2) is 7.11. The van der Waals surface area contributed by atoms with E-state index in [0.29, 0.717) is 6.42 Å². The summed E-state index contributed by atoms with van der Waals surface area (Å²) in [6.07, 6.45) is 7.85. The lowest BCUT2D eigenvalue weighted by atomic mass is 9.96. The summed E-state index contributed by atoms with van der Waals surface area (Å²) < 4.78 is 3.76. The van der Waals surface area contributed by atoms with Gasteiger partial charge in [0.15, 0.2) is 0 Å². The monoisotopic (exact) mass is 350 g/mol. The van der Waals surface area contributed by atoms with Gasteiger partial charge in [-0.2, -0.15) is 5.10 Å². The standard InChI is InChI=1S/C19H22N6O/c1-23-14-20-22-19(23)16-4-2-10-24(13-16)18(26)12-15-5-7-17(8-6-15)25-11-3-9-21-25/h3,5-9,11,14,16H,2,4,10,12-13H2,1H3. The molecule has 1 fully saturated rings. The lowest BCUT2D eigenvalue weighted by molar-refractivity contribution is -0.131. The van der Waals surface area contributed by atoms with Crippen LogP contribution in [0, 0.1) is 0 Å². The van der Waals surface area contributed by atoms with Crippen LogP contribution in [0.3, 0.4) is 0 Å². The van der Waals surface area contributed by atoms with Crippen molar-refractivity contribution >= 4 is 5.91 Å². The van der Waals surface area contributed by atoms with Gasteiger partial charge in [-0.15, -0.1) is 10.2 Å². The van der Waals surface area contributed by atoms with Gasteiger partial charge in [-0.25, -0.2) is 4.68 Å². The van der Waals surface area contributed by atoms with E-state index in [1.807, 2.05) is 57.7 Å². The predicted octanol–water partition coefficient (Wildman–Crippen LogP) is 1.95. The van der Waals surface area contributed by atoms with Gasteiger partial charge in [0.25, 0.3) is 0 Å². The summed E-state index contributed by atoms with van der Waals surface area (Å²) in [4.78, 5) is 14.7. The van der Waals surface area contributed by atoms with Crippen LogP contribution in [0.15, 0.2) is 49.1 Å². The van der Waals surface area contributed by atoms with Gasteiger partial charge in [0.2, 0.25) is 5.91 Å². The van der Waals surface area contributed by atoms with E-state index in [4.69, 9.17) is 0 Å². The van der Waals surface area contributed by atoms with Crippen molar-refractivity contribution in [2.45, 2.75) is 25.2 Å². The molecule has 26 heavy (non-hydrogen) atoms. The molecule has 134 valence electrons. The summed E-state index contributed by atoms with van der Waals surface area (Å²) in [5.74, 6) is 1.40. The first-order chi connectivity index (χ1) is 12.7. The topological polar surface area (TPSA) is 68.8 Å². The Hall–Kier alpha value is -2.96. The minimum Gasteiger partial charge on any atom is -0.342 e. The highest BCUT2D eigenvalue weighted by atomic mass is 16.2. The molecule has 1 aliphatic rings. The maximum absolute atomic E-state index is 12.7. The Morgan fingerprint density at radius 3 is 2.81 bits per heavy atom. The van der Waals surface area contributed by atoms with Gasteiger partial charge in [0.05, 0.1) is 12.1 Å². The van der Waals surface area contributed by atoms with Crippen molar-refractivity contribution in [3.63, 3.8) is 0 Å². The van der Waals surface area contributed by atoms with Gasteiger partial charge in [0, 0.05) is 38.4 Å². The number of rotatable bonds is 4. The van der Waals surface area contributed by atoms with E-state index >= 15 is 0 Å². The Labute approximate surface area is 152 Å². The summed E-state index contributed by atoms with van der Waals surface area (Å²) >= 11 is 0. The lowest BCUT2D eigenvalue weighted by Crippen LogP contribution is -2.40. The molecule has 0 N–H and O–H groups in total. The summed E-state index contributed by atoms with van der Waals surface area (Å²) in [6, 6.07) is 9.88. The molecule has 0 radical (unpaired) electrons. The van der Waals surface area contributed by atoms with Gasteiger partial charge in [-0.1, -0.05) is 12.1 Å². The normalized spacial score (nSPS) is 17.4. The van der Waals surface area contributed by atoms with Crippen LogP contribution in [-0.4, -0.2) is 48.4 Å². The fourth-order valence-electron chi connectivity index (χ4n) is 3.55. The van der Waals surface area contributed by atoms with Crippen molar-refractivity contribution in [1.82, 2.24) is 29.4 Å². The molecule has 1 atom stereocenters. The fourth-order valence-corrected chi connectivity index (χ4v) is 3.55. The molecule has 3 aromatic rings. The Balaban J connectivity index is 1.40. The zero-order chi connectivity index (χ0) is 17.9. The fraction of sp³-hybridized carbons (Fsp3) is 0.368. The molecular formula is C19H22N6O. The first-order valence-corrected chi connectivity index (χ1v) is 8.91. The molecule has 0 aliphatic carbocycles. The molecule has 4 rings (SSSR count). The van der Waals surface area contributed by atoms with E-state index in [9.17, 15) is 4.79 Å². The number of aryl methyl sites for hydroxylation is 1. The Morgan fingerprint density at radius 1 is 1.27 bits per heavy atom. The van der Waals surface area contributed by atoms with E-state index < -0.39 is 0 Å². The Morgan fingerprint density at radius 2 is 2.12 bits per heavy atom. The Kier molecular flexibility index (Phi) is 4.51. The number of carbonyl (C=O) groups excluding carboxylic acids is 1. The van der Waals surface area contributed by atoms with Crippen molar-refractivity contribution in [2.75, 3.05) is 13.1 Å². The molecule has 0 bridgehead atoms. The molecule has 7 heteroatoms. The van der Waals surface area contributed by atoms with Gasteiger partial charge in [-0.3, -0.25) is 4.79 Å². The first-order valence-electron chi connectivity index (χ1n) is 8.91. The minimum absolute atomic E-state index is 0.170. The largest absolute Gasteiger partial charge is 0.342 e. The summed E-state index contributed by atoms with van der Waals surface area (Å²) in [5, 5.41) is 12.4. The quantitative estimate of drug-likeness (QED) is 0.721. The lowest BCUT2D eigenvalue weighted by Gasteiger charge is -2.32. The van der Waals surface area contributed by atoms with E-state index in [0.717, 1.165) is 43.0 Å². The maximum Gasteiger partial charge on any atom is 0.227 e. The van der Waals surface area contributed by atoms with E-state index in [1.54, 1.807) is 12.5 Å². The number of likely N-dealkylation sites (tertiary alicyclic amines) is 1. The number of benzene rings is 1. The first kappa shape index (κ1) is 16.5. The molecule has 1 saturated heterocycles. The van der Waals surface area contributed by atoms with E-state index in [1.165, 1.54) is 0 Å². The van der Waals surface area contributed by atoms with Gasteiger partial charge in [-0.05, 0) is 36.6 Å². The number of amides is 1. The van der Waals surface area contributed by atoms with Crippen LogP contribution in [0.1, 0.15) is 30.1 Å². The summed E-state index contributed by atoms with van der Waals surface area (Å²) in [6.45, 7) is 1.54. The predicted molar refractivity (Wildman–Crippen MR) is 96.8 cm³/mol. The van der Waals surface area contributed by atoms with Crippen molar-refractivity contribution in [3.05, 3.63) is 60.4 Å². The summed E-state index contributed by atoms with van der Waals surface area (Å²) in [5.41, 5.74) is 2.01. The zero-order valence-corrected chi connectivity index (χ0v) is 14.8. The van der Waals surface area contributed by atoms with Crippen molar-refractivity contribution in [2.24, 2.45) is 7.05 Å². The highest BCUT2D eigenvalue weighted by Crippen LogP contribution is 2.25. The molecule has 0 spiro atoms. The number of hydrogen-bond acceptors (Lipinski definition) is 4. The van der Waals surface area contributed by atoms with Crippen LogP contribution >= 0.6 is 0 Å². The highest BCUT2D eigenvalue weighted by Gasteiger charge is 2.27. The van der Waals surface area contributed by atoms with Crippen LogP contribution in [0.5, 0.6) is 0 Å². The second-order valence-corrected chi connectivity index (χ2v) is 6.77. The number of nitrogens with zero attached hydrogens (tertiary/aromatic N) is 6. The molecule has 1 aromatic carbocycles. The third-order valence-electron chi connectivity index (χ3n) is 4.95.